The van der Waals surface area contributed by atoms with Gasteiger partial charge in [0.05, 0.1) is 5.69 Å². The first kappa shape index (κ1) is 13.6. The quantitative estimate of drug-likeness (QED) is 0.930. The highest BCUT2D eigenvalue weighted by Gasteiger charge is 2.22. The fourth-order valence-corrected chi connectivity index (χ4v) is 3.94. The van der Waals surface area contributed by atoms with Crippen LogP contribution in [0.2, 0.25) is 0 Å². The number of rotatable bonds is 3. The Kier molecular flexibility index (Phi) is 3.76. The number of para-hydroxylation sites is 1. The summed E-state index contributed by atoms with van der Waals surface area (Å²) in [6, 6.07) is 9.06. The highest BCUT2D eigenvalue weighted by Crippen LogP contribution is 2.38. The number of benzene rings is 1. The number of nitrogens with zero attached hydrogens (tertiary/aromatic N) is 2. The zero-order valence-corrected chi connectivity index (χ0v) is 13.1. The largest absolute Gasteiger partial charge is 0.318 e. The van der Waals surface area contributed by atoms with Crippen molar-refractivity contribution in [1.29, 1.82) is 0 Å². The topological polar surface area (TPSA) is 28.2 Å². The number of thiazole rings is 1. The second-order valence-corrected chi connectivity index (χ2v) is 6.35. The predicted octanol–water partition coefficient (Wildman–Crippen LogP) is 3.82. The average Bonchev–Trinajstić information content (AvgIpc) is 2.87. The van der Waals surface area contributed by atoms with Crippen LogP contribution in [-0.4, -0.2) is 18.6 Å². The summed E-state index contributed by atoms with van der Waals surface area (Å²) in [6.45, 7) is 5.37. The Balaban J connectivity index is 1.99. The molecule has 1 aliphatic heterocycles. The van der Waals surface area contributed by atoms with E-state index in [-0.39, 0.29) is 0 Å². The van der Waals surface area contributed by atoms with E-state index in [1.54, 1.807) is 0 Å². The molecule has 0 radical (unpaired) electrons. The van der Waals surface area contributed by atoms with Gasteiger partial charge in [0.1, 0.15) is 0 Å². The summed E-state index contributed by atoms with van der Waals surface area (Å²) >= 11 is 1.81. The van der Waals surface area contributed by atoms with Crippen molar-refractivity contribution in [2.45, 2.75) is 32.7 Å². The van der Waals surface area contributed by atoms with Crippen molar-refractivity contribution in [3.8, 4) is 0 Å². The van der Waals surface area contributed by atoms with Crippen molar-refractivity contribution in [2.24, 2.45) is 0 Å². The number of nitrogens with one attached hydrogen (secondary N) is 1. The van der Waals surface area contributed by atoms with E-state index in [4.69, 9.17) is 4.98 Å². The van der Waals surface area contributed by atoms with Crippen LogP contribution in [0.3, 0.4) is 0 Å². The van der Waals surface area contributed by atoms with Crippen LogP contribution in [0.15, 0.2) is 24.3 Å². The van der Waals surface area contributed by atoms with Gasteiger partial charge in [-0.15, -0.1) is 0 Å². The van der Waals surface area contributed by atoms with Gasteiger partial charge in [0.15, 0.2) is 5.13 Å². The number of fused-ring (bicyclic) bond motifs is 1. The zero-order chi connectivity index (χ0) is 14.1. The van der Waals surface area contributed by atoms with Crippen LogP contribution in [0.1, 0.15) is 35.5 Å². The summed E-state index contributed by atoms with van der Waals surface area (Å²) in [5.74, 6) is 0. The standard InChI is InChI=1S/C16H21N3S/c1-11(17-3)15-12(2)18-16(20-15)19-10-6-8-13-7-4-5-9-14(13)19/h4-5,7,9,11,17H,6,8,10H2,1-3H3. The number of hydrogen-bond acceptors (Lipinski definition) is 4. The van der Waals surface area contributed by atoms with E-state index in [0.717, 1.165) is 17.4 Å². The number of aryl methyl sites for hydroxylation is 2. The summed E-state index contributed by atoms with van der Waals surface area (Å²) in [4.78, 5) is 8.52. The van der Waals surface area contributed by atoms with Crippen molar-refractivity contribution in [3.05, 3.63) is 40.4 Å². The third-order valence-electron chi connectivity index (χ3n) is 3.99. The zero-order valence-electron chi connectivity index (χ0n) is 12.3. The van der Waals surface area contributed by atoms with Crippen LogP contribution in [0.4, 0.5) is 10.8 Å². The maximum Gasteiger partial charge on any atom is 0.190 e. The SMILES string of the molecule is CNC(C)c1sc(N2CCCc3ccccc32)nc1C. The third-order valence-corrected chi connectivity index (χ3v) is 5.35. The first-order chi connectivity index (χ1) is 9.70. The van der Waals surface area contributed by atoms with Crippen molar-refractivity contribution < 1.29 is 0 Å². The smallest absolute Gasteiger partial charge is 0.190 e. The Morgan fingerprint density at radius 2 is 2.15 bits per heavy atom. The Morgan fingerprint density at radius 1 is 1.35 bits per heavy atom. The summed E-state index contributed by atoms with van der Waals surface area (Å²) in [5.41, 5.74) is 3.92. The van der Waals surface area contributed by atoms with Gasteiger partial charge in [0.25, 0.3) is 0 Å². The number of anilines is 2. The van der Waals surface area contributed by atoms with Gasteiger partial charge in [-0.25, -0.2) is 4.98 Å². The minimum atomic E-state index is 0.362. The normalized spacial score (nSPS) is 16.1. The van der Waals surface area contributed by atoms with Gasteiger partial charge < -0.3 is 10.2 Å². The molecule has 20 heavy (non-hydrogen) atoms. The first-order valence-corrected chi connectivity index (χ1v) is 8.02. The molecular weight excluding hydrogens is 266 g/mol. The van der Waals surface area contributed by atoms with Crippen molar-refractivity contribution in [3.63, 3.8) is 0 Å². The third kappa shape index (κ3) is 2.34. The van der Waals surface area contributed by atoms with Crippen molar-refractivity contribution in [2.75, 3.05) is 18.5 Å². The van der Waals surface area contributed by atoms with E-state index in [2.05, 4.69) is 48.3 Å². The number of hydrogen-bond donors (Lipinski definition) is 1. The number of aromatic nitrogens is 1. The Bertz CT molecular complexity index is 606. The van der Waals surface area contributed by atoms with Crippen molar-refractivity contribution >= 4 is 22.2 Å². The van der Waals surface area contributed by atoms with Crippen LogP contribution in [0.5, 0.6) is 0 Å². The van der Waals surface area contributed by atoms with E-state index < -0.39 is 0 Å². The minimum Gasteiger partial charge on any atom is -0.318 e. The second kappa shape index (κ2) is 5.54. The van der Waals surface area contributed by atoms with E-state index in [1.165, 1.54) is 29.0 Å². The van der Waals surface area contributed by atoms with Crippen LogP contribution < -0.4 is 10.2 Å². The molecule has 0 saturated heterocycles. The molecule has 0 aliphatic carbocycles. The molecule has 1 N–H and O–H groups in total. The summed E-state index contributed by atoms with van der Waals surface area (Å²) in [7, 11) is 2.00. The highest BCUT2D eigenvalue weighted by molar-refractivity contribution is 7.15. The summed E-state index contributed by atoms with van der Waals surface area (Å²) < 4.78 is 0. The predicted molar refractivity (Wildman–Crippen MR) is 86.1 cm³/mol. The molecule has 0 saturated carbocycles. The van der Waals surface area contributed by atoms with Gasteiger partial charge in [-0.1, -0.05) is 29.5 Å². The Morgan fingerprint density at radius 3 is 2.95 bits per heavy atom. The molecule has 1 aliphatic rings. The lowest BCUT2D eigenvalue weighted by atomic mass is 10.0. The van der Waals surface area contributed by atoms with Crippen LogP contribution in [0, 0.1) is 6.92 Å². The molecule has 0 fully saturated rings. The molecule has 4 heteroatoms. The van der Waals surface area contributed by atoms with E-state index in [0.29, 0.717) is 6.04 Å². The van der Waals surface area contributed by atoms with Crippen LogP contribution >= 0.6 is 11.3 Å². The van der Waals surface area contributed by atoms with Gasteiger partial charge in [-0.05, 0) is 45.4 Å². The maximum atomic E-state index is 4.81. The average molecular weight is 287 g/mol. The molecular formula is C16H21N3S. The fourth-order valence-electron chi connectivity index (χ4n) is 2.77. The molecule has 1 unspecified atom stereocenters. The molecule has 1 aromatic heterocycles. The Hall–Kier alpha value is -1.39. The summed E-state index contributed by atoms with van der Waals surface area (Å²) in [5, 5.41) is 4.44. The van der Waals surface area contributed by atoms with E-state index >= 15 is 0 Å². The van der Waals surface area contributed by atoms with Gasteiger partial charge in [0.2, 0.25) is 0 Å². The monoisotopic (exact) mass is 287 g/mol. The van der Waals surface area contributed by atoms with Gasteiger partial charge in [-0.3, -0.25) is 0 Å². The van der Waals surface area contributed by atoms with E-state index in [1.807, 2.05) is 18.4 Å². The molecule has 0 spiro atoms. The molecule has 3 nitrogen and oxygen atoms in total. The molecule has 106 valence electrons. The van der Waals surface area contributed by atoms with Crippen LogP contribution in [-0.2, 0) is 6.42 Å². The molecule has 2 heterocycles. The maximum absolute atomic E-state index is 4.81. The minimum absolute atomic E-state index is 0.362. The van der Waals surface area contributed by atoms with Gasteiger partial charge in [0, 0.05) is 23.2 Å². The molecule has 1 aromatic carbocycles. The lowest BCUT2D eigenvalue weighted by Gasteiger charge is -2.29. The molecule has 1 atom stereocenters. The molecule has 0 amide bonds. The molecule has 2 aromatic rings. The van der Waals surface area contributed by atoms with Crippen LogP contribution in [0.25, 0.3) is 0 Å². The highest BCUT2D eigenvalue weighted by atomic mass is 32.1. The van der Waals surface area contributed by atoms with Gasteiger partial charge in [-0.2, -0.15) is 0 Å². The first-order valence-electron chi connectivity index (χ1n) is 7.20. The molecule has 0 bridgehead atoms. The Labute approximate surface area is 124 Å². The lowest BCUT2D eigenvalue weighted by Crippen LogP contribution is -2.24. The summed E-state index contributed by atoms with van der Waals surface area (Å²) in [6.07, 6.45) is 2.38. The van der Waals surface area contributed by atoms with Gasteiger partial charge >= 0.3 is 0 Å². The molecule has 3 rings (SSSR count). The lowest BCUT2D eigenvalue weighted by molar-refractivity contribution is 0.658. The van der Waals surface area contributed by atoms with E-state index in [9.17, 15) is 0 Å². The van der Waals surface area contributed by atoms with Crippen molar-refractivity contribution in [1.82, 2.24) is 10.3 Å². The fraction of sp³-hybridized carbons (Fsp3) is 0.438. The second-order valence-electron chi connectivity index (χ2n) is 5.34.